The molecule has 2 aromatic carbocycles. The molecule has 0 saturated carbocycles. The molecule has 0 unspecified atom stereocenters. The first-order chi connectivity index (χ1) is 13.6. The average Bonchev–Trinajstić information content (AvgIpc) is 3.16. The number of hydrogen-bond acceptors (Lipinski definition) is 5. The summed E-state index contributed by atoms with van der Waals surface area (Å²) in [6.07, 6.45) is 3.36. The van der Waals surface area contributed by atoms with E-state index in [9.17, 15) is 9.18 Å². The van der Waals surface area contributed by atoms with Crippen LogP contribution in [-0.4, -0.2) is 33.9 Å². The zero-order valence-corrected chi connectivity index (χ0v) is 15.9. The standard InChI is InChI=1S/C20H18FN3O3S/c1-13(19(25)23-15-5-6-17-18(12-15)27-10-9-26-17)28-20-22-7-8-24(20)16-4-2-3-14(21)11-16/h2-8,11-13H,9-10H2,1H3,(H,23,25)/t13-/m1/s1. The minimum Gasteiger partial charge on any atom is -0.486 e. The normalized spacial score (nSPS) is 13.8. The Hall–Kier alpha value is -3.00. The summed E-state index contributed by atoms with van der Waals surface area (Å²) in [5, 5.41) is 3.07. The number of imidazole rings is 1. The van der Waals surface area contributed by atoms with Crippen molar-refractivity contribution in [3.8, 4) is 17.2 Å². The van der Waals surface area contributed by atoms with E-state index in [2.05, 4.69) is 10.3 Å². The second-order valence-corrected chi connectivity index (χ2v) is 7.48. The molecule has 0 radical (unpaired) electrons. The molecule has 2 heterocycles. The molecular formula is C20H18FN3O3S. The molecule has 0 fully saturated rings. The van der Waals surface area contributed by atoms with Crippen LogP contribution >= 0.6 is 11.8 Å². The van der Waals surface area contributed by atoms with Crippen LogP contribution in [0.4, 0.5) is 10.1 Å². The third-order valence-corrected chi connectivity index (χ3v) is 5.23. The minimum atomic E-state index is -0.414. The van der Waals surface area contributed by atoms with E-state index < -0.39 is 5.25 Å². The van der Waals surface area contributed by atoms with Gasteiger partial charge in [-0.15, -0.1) is 0 Å². The summed E-state index contributed by atoms with van der Waals surface area (Å²) in [7, 11) is 0. The van der Waals surface area contributed by atoms with Gasteiger partial charge in [0.05, 0.1) is 10.9 Å². The number of thioether (sulfide) groups is 1. The summed E-state index contributed by atoms with van der Waals surface area (Å²) in [5.41, 5.74) is 1.29. The molecule has 0 aliphatic carbocycles. The molecule has 1 aliphatic heterocycles. The van der Waals surface area contributed by atoms with E-state index in [1.165, 1.54) is 23.9 Å². The smallest absolute Gasteiger partial charge is 0.237 e. The topological polar surface area (TPSA) is 65.4 Å². The lowest BCUT2D eigenvalue weighted by Gasteiger charge is -2.19. The number of fused-ring (bicyclic) bond motifs is 1. The highest BCUT2D eigenvalue weighted by molar-refractivity contribution is 8.00. The number of carbonyl (C=O) groups is 1. The largest absolute Gasteiger partial charge is 0.486 e. The zero-order valence-electron chi connectivity index (χ0n) is 15.1. The van der Waals surface area contributed by atoms with E-state index in [0.717, 1.165) is 0 Å². The van der Waals surface area contributed by atoms with Crippen LogP contribution in [0.25, 0.3) is 5.69 Å². The SMILES string of the molecule is C[C@@H](Sc1nccn1-c1cccc(F)c1)C(=O)Nc1ccc2c(c1)OCCO2. The molecule has 1 atom stereocenters. The van der Waals surface area contributed by atoms with E-state index in [-0.39, 0.29) is 11.7 Å². The molecule has 1 aliphatic rings. The maximum absolute atomic E-state index is 13.5. The summed E-state index contributed by atoms with van der Waals surface area (Å²) in [4.78, 5) is 16.9. The molecule has 0 bridgehead atoms. The van der Waals surface area contributed by atoms with Crippen LogP contribution in [0.5, 0.6) is 11.5 Å². The fourth-order valence-corrected chi connectivity index (χ4v) is 3.66. The van der Waals surface area contributed by atoms with Crippen molar-refractivity contribution in [1.29, 1.82) is 0 Å². The van der Waals surface area contributed by atoms with Gasteiger partial charge in [-0.3, -0.25) is 9.36 Å². The average molecular weight is 399 g/mol. The predicted molar refractivity (Wildman–Crippen MR) is 105 cm³/mol. The molecule has 1 N–H and O–H groups in total. The van der Waals surface area contributed by atoms with Crippen LogP contribution in [0.15, 0.2) is 60.0 Å². The molecule has 6 nitrogen and oxygen atoms in total. The van der Waals surface area contributed by atoms with Gasteiger partial charge in [0.25, 0.3) is 0 Å². The number of halogens is 1. The van der Waals surface area contributed by atoms with Crippen molar-refractivity contribution in [2.24, 2.45) is 0 Å². The summed E-state index contributed by atoms with van der Waals surface area (Å²) >= 11 is 1.30. The number of nitrogens with one attached hydrogen (secondary N) is 1. The molecule has 3 aromatic rings. The van der Waals surface area contributed by atoms with Gasteiger partial charge in [0.1, 0.15) is 19.0 Å². The number of benzene rings is 2. The third-order valence-electron chi connectivity index (χ3n) is 4.15. The molecule has 0 saturated heterocycles. The maximum Gasteiger partial charge on any atom is 0.237 e. The Bertz CT molecular complexity index is 1010. The minimum absolute atomic E-state index is 0.171. The highest BCUT2D eigenvalue weighted by Crippen LogP contribution is 2.33. The fourth-order valence-electron chi connectivity index (χ4n) is 2.78. The summed E-state index contributed by atoms with van der Waals surface area (Å²) < 4.78 is 26.3. The van der Waals surface area contributed by atoms with Crippen LogP contribution < -0.4 is 14.8 Å². The molecule has 28 heavy (non-hydrogen) atoms. The van der Waals surface area contributed by atoms with E-state index in [1.807, 2.05) is 0 Å². The summed E-state index contributed by atoms with van der Waals surface area (Å²) in [6.45, 7) is 2.80. The Morgan fingerprint density at radius 1 is 1.21 bits per heavy atom. The van der Waals surface area contributed by atoms with Gasteiger partial charge in [-0.1, -0.05) is 17.8 Å². The van der Waals surface area contributed by atoms with E-state index in [1.54, 1.807) is 54.2 Å². The Morgan fingerprint density at radius 3 is 2.86 bits per heavy atom. The molecule has 0 spiro atoms. The van der Waals surface area contributed by atoms with Crippen molar-refractivity contribution < 1.29 is 18.7 Å². The lowest BCUT2D eigenvalue weighted by molar-refractivity contribution is -0.115. The third kappa shape index (κ3) is 3.96. The van der Waals surface area contributed by atoms with Gasteiger partial charge < -0.3 is 14.8 Å². The van der Waals surface area contributed by atoms with E-state index >= 15 is 0 Å². The molecule has 144 valence electrons. The lowest BCUT2D eigenvalue weighted by atomic mass is 10.2. The van der Waals surface area contributed by atoms with Crippen molar-refractivity contribution >= 4 is 23.4 Å². The van der Waals surface area contributed by atoms with Crippen molar-refractivity contribution in [1.82, 2.24) is 9.55 Å². The molecular weight excluding hydrogens is 381 g/mol. The van der Waals surface area contributed by atoms with Crippen molar-refractivity contribution in [2.45, 2.75) is 17.3 Å². The Kier molecular flexibility index (Phi) is 5.21. The molecule has 8 heteroatoms. The van der Waals surface area contributed by atoms with Crippen LogP contribution in [-0.2, 0) is 4.79 Å². The van der Waals surface area contributed by atoms with Gasteiger partial charge in [0, 0.05) is 24.1 Å². The monoisotopic (exact) mass is 399 g/mol. The number of aromatic nitrogens is 2. The van der Waals surface area contributed by atoms with Crippen molar-refractivity contribution in [3.63, 3.8) is 0 Å². The van der Waals surface area contributed by atoms with Gasteiger partial charge in [0.15, 0.2) is 16.7 Å². The number of amides is 1. The Labute approximate surface area is 165 Å². The van der Waals surface area contributed by atoms with E-state index in [4.69, 9.17) is 9.47 Å². The quantitative estimate of drug-likeness (QED) is 0.659. The Balaban J connectivity index is 1.45. The van der Waals surface area contributed by atoms with E-state index in [0.29, 0.717) is 41.2 Å². The van der Waals surface area contributed by atoms with Gasteiger partial charge in [-0.25, -0.2) is 9.37 Å². The Morgan fingerprint density at radius 2 is 2.04 bits per heavy atom. The number of nitrogens with zero attached hydrogens (tertiary/aromatic N) is 2. The number of rotatable bonds is 5. The van der Waals surface area contributed by atoms with Crippen molar-refractivity contribution in [2.75, 3.05) is 18.5 Å². The number of anilines is 1. The predicted octanol–water partition coefficient (Wildman–Crippen LogP) is 3.90. The maximum atomic E-state index is 13.5. The second-order valence-electron chi connectivity index (χ2n) is 6.17. The second kappa shape index (κ2) is 7.93. The number of hydrogen-bond donors (Lipinski definition) is 1. The fraction of sp³-hybridized carbons (Fsp3) is 0.200. The van der Waals surface area contributed by atoms with Gasteiger partial charge in [-0.05, 0) is 37.3 Å². The van der Waals surface area contributed by atoms with Gasteiger partial charge >= 0.3 is 0 Å². The van der Waals surface area contributed by atoms with Crippen LogP contribution in [0.1, 0.15) is 6.92 Å². The zero-order chi connectivity index (χ0) is 19.5. The lowest BCUT2D eigenvalue weighted by Crippen LogP contribution is -2.23. The molecule has 4 rings (SSSR count). The number of ether oxygens (including phenoxy) is 2. The first-order valence-electron chi connectivity index (χ1n) is 8.76. The highest BCUT2D eigenvalue weighted by Gasteiger charge is 2.19. The van der Waals surface area contributed by atoms with Crippen LogP contribution in [0.3, 0.4) is 0 Å². The highest BCUT2D eigenvalue weighted by atomic mass is 32.2. The molecule has 1 aromatic heterocycles. The first-order valence-corrected chi connectivity index (χ1v) is 9.64. The first kappa shape index (κ1) is 18.4. The summed E-state index contributed by atoms with van der Waals surface area (Å²) in [6, 6.07) is 11.5. The van der Waals surface area contributed by atoms with Gasteiger partial charge in [-0.2, -0.15) is 0 Å². The van der Waals surface area contributed by atoms with Crippen molar-refractivity contribution in [3.05, 3.63) is 60.7 Å². The number of carbonyl (C=O) groups excluding carboxylic acids is 1. The summed E-state index contributed by atoms with van der Waals surface area (Å²) in [5.74, 6) is 0.789. The van der Waals surface area contributed by atoms with Crippen LogP contribution in [0.2, 0.25) is 0 Å². The molecule has 1 amide bonds. The van der Waals surface area contributed by atoms with Crippen LogP contribution in [0, 0.1) is 5.82 Å². The van der Waals surface area contributed by atoms with Gasteiger partial charge in [0.2, 0.25) is 5.91 Å².